The monoisotopic (exact) mass is 510 g/mol. The van der Waals surface area contributed by atoms with Gasteiger partial charge in [-0.1, -0.05) is 47.7 Å². The molecular formula is C25H23FN4O3S2. The molecule has 1 N–H and O–H groups in total. The lowest BCUT2D eigenvalue weighted by Gasteiger charge is -2.09. The number of benzene rings is 2. The van der Waals surface area contributed by atoms with Gasteiger partial charge in [-0.2, -0.15) is 0 Å². The van der Waals surface area contributed by atoms with Gasteiger partial charge in [0.2, 0.25) is 5.91 Å². The van der Waals surface area contributed by atoms with Gasteiger partial charge in [0.05, 0.1) is 12.9 Å². The van der Waals surface area contributed by atoms with E-state index in [4.69, 9.17) is 4.74 Å². The fraction of sp³-hybridized carbons (Fsp3) is 0.200. The van der Waals surface area contributed by atoms with Crippen molar-refractivity contribution < 1.29 is 18.7 Å². The second kappa shape index (κ2) is 10.8. The largest absolute Gasteiger partial charge is 0.465 e. The number of carbonyl (C=O) groups is 2. The van der Waals surface area contributed by atoms with Crippen LogP contribution in [-0.2, 0) is 16.1 Å². The molecule has 0 spiro atoms. The van der Waals surface area contributed by atoms with Crippen LogP contribution >= 0.6 is 23.1 Å². The van der Waals surface area contributed by atoms with Crippen molar-refractivity contribution in [3.63, 3.8) is 0 Å². The van der Waals surface area contributed by atoms with Crippen molar-refractivity contribution in [1.82, 2.24) is 14.8 Å². The molecule has 180 valence electrons. The molecule has 0 aliphatic heterocycles. The standard InChI is InChI=1S/C25H23FN4O3S2/c1-4-30-22(17-7-5-6-15(2)12-17)28-29-25(30)35-14-20(31)27-23-21(24(32)33-3)19(13-34-23)16-8-10-18(26)11-9-16/h5-13H,4,14H2,1-3H3,(H,27,31). The van der Waals surface area contributed by atoms with Crippen molar-refractivity contribution in [3.05, 3.63) is 70.9 Å². The molecule has 1 amide bonds. The first-order chi connectivity index (χ1) is 16.9. The first-order valence-corrected chi connectivity index (χ1v) is 12.7. The average molecular weight is 511 g/mol. The Balaban J connectivity index is 1.51. The van der Waals surface area contributed by atoms with Crippen molar-refractivity contribution >= 4 is 40.0 Å². The molecule has 4 rings (SSSR count). The van der Waals surface area contributed by atoms with E-state index in [1.807, 2.05) is 42.7 Å². The summed E-state index contributed by atoms with van der Waals surface area (Å²) < 4.78 is 20.2. The third-order valence-corrected chi connectivity index (χ3v) is 7.09. The highest BCUT2D eigenvalue weighted by Gasteiger charge is 2.23. The number of anilines is 1. The van der Waals surface area contributed by atoms with Gasteiger partial charge in [0.1, 0.15) is 16.4 Å². The number of halogens is 1. The number of thiophene rings is 1. The second-order valence-corrected chi connectivity index (χ2v) is 9.43. The highest BCUT2D eigenvalue weighted by atomic mass is 32.2. The molecule has 2 aromatic heterocycles. The van der Waals surface area contributed by atoms with E-state index >= 15 is 0 Å². The number of amides is 1. The molecular weight excluding hydrogens is 487 g/mol. The Labute approximate surface area is 210 Å². The van der Waals surface area contributed by atoms with Crippen LogP contribution in [0.1, 0.15) is 22.8 Å². The molecule has 0 aliphatic carbocycles. The predicted molar refractivity (Wildman–Crippen MR) is 136 cm³/mol. The van der Waals surface area contributed by atoms with Crippen LogP contribution < -0.4 is 5.32 Å². The van der Waals surface area contributed by atoms with Gasteiger partial charge in [-0.05, 0) is 37.6 Å². The molecule has 0 bridgehead atoms. The number of aryl methyl sites for hydroxylation is 1. The van der Waals surface area contributed by atoms with Gasteiger partial charge >= 0.3 is 5.97 Å². The second-order valence-electron chi connectivity index (χ2n) is 7.61. The number of methoxy groups -OCH3 is 1. The van der Waals surface area contributed by atoms with Crippen molar-refractivity contribution in [2.24, 2.45) is 0 Å². The van der Waals surface area contributed by atoms with Crippen LogP contribution in [0, 0.1) is 12.7 Å². The Hall–Kier alpha value is -3.50. The minimum Gasteiger partial charge on any atom is -0.465 e. The van der Waals surface area contributed by atoms with Crippen LogP contribution in [0.5, 0.6) is 0 Å². The maximum atomic E-state index is 13.3. The molecule has 0 fully saturated rings. The van der Waals surface area contributed by atoms with Crippen molar-refractivity contribution in [2.75, 3.05) is 18.2 Å². The van der Waals surface area contributed by atoms with Gasteiger partial charge in [0, 0.05) is 23.1 Å². The zero-order chi connectivity index (χ0) is 24.9. The number of thioether (sulfide) groups is 1. The quantitative estimate of drug-likeness (QED) is 0.243. The number of carbonyl (C=O) groups excluding carboxylic acids is 2. The number of hydrogen-bond donors (Lipinski definition) is 1. The topological polar surface area (TPSA) is 86.1 Å². The van der Waals surface area contributed by atoms with E-state index in [2.05, 4.69) is 15.5 Å². The molecule has 0 saturated carbocycles. The van der Waals surface area contributed by atoms with Crippen LogP contribution in [0.15, 0.2) is 59.1 Å². The summed E-state index contributed by atoms with van der Waals surface area (Å²) in [6, 6.07) is 13.8. The third-order valence-electron chi connectivity index (χ3n) is 5.23. The zero-order valence-electron chi connectivity index (χ0n) is 19.4. The number of ether oxygens (including phenoxy) is 1. The normalized spacial score (nSPS) is 10.9. The number of hydrogen-bond acceptors (Lipinski definition) is 7. The molecule has 2 heterocycles. The van der Waals surface area contributed by atoms with E-state index < -0.39 is 5.97 Å². The maximum Gasteiger partial charge on any atom is 0.341 e. The minimum atomic E-state index is -0.581. The Bertz CT molecular complexity index is 1370. The summed E-state index contributed by atoms with van der Waals surface area (Å²) in [5, 5.41) is 14.2. The molecule has 7 nitrogen and oxygen atoms in total. The lowest BCUT2D eigenvalue weighted by molar-refractivity contribution is -0.113. The van der Waals surface area contributed by atoms with Crippen molar-refractivity contribution in [3.8, 4) is 22.5 Å². The summed E-state index contributed by atoms with van der Waals surface area (Å²) in [7, 11) is 1.28. The molecule has 0 atom stereocenters. The number of nitrogens with one attached hydrogen (secondary N) is 1. The minimum absolute atomic E-state index is 0.0797. The smallest absolute Gasteiger partial charge is 0.341 e. The fourth-order valence-electron chi connectivity index (χ4n) is 3.57. The van der Waals surface area contributed by atoms with E-state index in [-0.39, 0.29) is 23.0 Å². The summed E-state index contributed by atoms with van der Waals surface area (Å²) in [5.74, 6) is -0.428. The Morgan fingerprint density at radius 1 is 1.14 bits per heavy atom. The summed E-state index contributed by atoms with van der Waals surface area (Å²) in [5.41, 5.74) is 3.54. The molecule has 0 unspecified atom stereocenters. The van der Waals surface area contributed by atoms with Gasteiger partial charge in [0.15, 0.2) is 11.0 Å². The molecule has 0 saturated heterocycles. The van der Waals surface area contributed by atoms with E-state index in [1.54, 1.807) is 17.5 Å². The molecule has 0 aliphatic rings. The zero-order valence-corrected chi connectivity index (χ0v) is 21.0. The molecule has 2 aromatic carbocycles. The number of aromatic nitrogens is 3. The summed E-state index contributed by atoms with van der Waals surface area (Å²) in [6.45, 7) is 4.67. The van der Waals surface area contributed by atoms with Crippen molar-refractivity contribution in [2.45, 2.75) is 25.5 Å². The summed E-state index contributed by atoms with van der Waals surface area (Å²) >= 11 is 2.48. The molecule has 4 aromatic rings. The summed E-state index contributed by atoms with van der Waals surface area (Å²) in [4.78, 5) is 25.3. The SMILES string of the molecule is CCn1c(SCC(=O)Nc2scc(-c3ccc(F)cc3)c2C(=O)OC)nnc1-c1cccc(C)c1. The fourth-order valence-corrected chi connectivity index (χ4v) is 5.34. The number of rotatable bonds is 8. The maximum absolute atomic E-state index is 13.3. The Morgan fingerprint density at radius 2 is 1.91 bits per heavy atom. The summed E-state index contributed by atoms with van der Waals surface area (Å²) in [6.07, 6.45) is 0. The van der Waals surface area contributed by atoms with Crippen LogP contribution in [0.2, 0.25) is 0 Å². The van der Waals surface area contributed by atoms with Gasteiger partial charge in [-0.3, -0.25) is 4.79 Å². The van der Waals surface area contributed by atoms with E-state index in [9.17, 15) is 14.0 Å². The van der Waals surface area contributed by atoms with Crippen LogP contribution in [0.3, 0.4) is 0 Å². The number of esters is 1. The Morgan fingerprint density at radius 3 is 2.60 bits per heavy atom. The highest BCUT2D eigenvalue weighted by molar-refractivity contribution is 7.99. The predicted octanol–water partition coefficient (Wildman–Crippen LogP) is 5.66. The van der Waals surface area contributed by atoms with Crippen molar-refractivity contribution in [1.29, 1.82) is 0 Å². The highest BCUT2D eigenvalue weighted by Crippen LogP contribution is 2.36. The van der Waals surface area contributed by atoms with Crippen LogP contribution in [-0.4, -0.2) is 39.5 Å². The van der Waals surface area contributed by atoms with E-state index in [0.717, 1.165) is 17.0 Å². The average Bonchev–Trinajstić information content (AvgIpc) is 3.46. The van der Waals surface area contributed by atoms with E-state index in [0.29, 0.717) is 27.8 Å². The Kier molecular flexibility index (Phi) is 7.62. The van der Waals surface area contributed by atoms with E-state index in [1.165, 1.54) is 42.3 Å². The van der Waals surface area contributed by atoms with Crippen LogP contribution in [0.4, 0.5) is 9.39 Å². The van der Waals surface area contributed by atoms with Gasteiger partial charge < -0.3 is 14.6 Å². The molecule has 35 heavy (non-hydrogen) atoms. The first kappa shape index (κ1) is 24.6. The van der Waals surface area contributed by atoms with Gasteiger partial charge in [-0.25, -0.2) is 9.18 Å². The third kappa shape index (κ3) is 5.44. The molecule has 0 radical (unpaired) electrons. The first-order valence-electron chi connectivity index (χ1n) is 10.8. The lowest BCUT2D eigenvalue weighted by Crippen LogP contribution is -2.16. The molecule has 10 heteroatoms. The van der Waals surface area contributed by atoms with Gasteiger partial charge in [0.25, 0.3) is 0 Å². The van der Waals surface area contributed by atoms with Gasteiger partial charge in [-0.15, -0.1) is 21.5 Å². The lowest BCUT2D eigenvalue weighted by atomic mass is 10.0. The van der Waals surface area contributed by atoms with Crippen LogP contribution in [0.25, 0.3) is 22.5 Å². The number of nitrogens with zero attached hydrogens (tertiary/aromatic N) is 3.